The Balaban J connectivity index is 0.00000225. The van der Waals surface area contributed by atoms with Gasteiger partial charge in [-0.3, -0.25) is 0 Å². The van der Waals surface area contributed by atoms with Crippen LogP contribution in [-0.4, -0.2) is 6.10 Å². The van der Waals surface area contributed by atoms with Gasteiger partial charge in [0, 0.05) is 0 Å². The SMILES string of the molecule is CC(C)Cc1ccc(COC(C)C)cc1.P. The minimum atomic E-state index is 0. The van der Waals surface area contributed by atoms with Crippen LogP contribution in [0.4, 0.5) is 0 Å². The maximum absolute atomic E-state index is 5.55. The fourth-order valence-electron chi connectivity index (χ4n) is 1.51. The number of rotatable bonds is 5. The fourth-order valence-corrected chi connectivity index (χ4v) is 1.51. The van der Waals surface area contributed by atoms with Gasteiger partial charge < -0.3 is 4.74 Å². The molecule has 0 aliphatic rings. The van der Waals surface area contributed by atoms with Crippen LogP contribution in [0.15, 0.2) is 24.3 Å². The van der Waals surface area contributed by atoms with Gasteiger partial charge >= 0.3 is 0 Å². The van der Waals surface area contributed by atoms with E-state index in [0.717, 1.165) is 18.9 Å². The molecule has 1 unspecified atom stereocenters. The highest BCUT2D eigenvalue weighted by Gasteiger charge is 1.99. The molecule has 0 aromatic heterocycles. The molecule has 16 heavy (non-hydrogen) atoms. The van der Waals surface area contributed by atoms with Crippen LogP contribution in [-0.2, 0) is 17.8 Å². The third kappa shape index (κ3) is 6.25. The Morgan fingerprint density at radius 1 is 0.938 bits per heavy atom. The van der Waals surface area contributed by atoms with Gasteiger partial charge in [-0.2, -0.15) is 9.90 Å². The average Bonchev–Trinajstić information content (AvgIpc) is 2.16. The van der Waals surface area contributed by atoms with E-state index >= 15 is 0 Å². The molecule has 1 aromatic carbocycles. The lowest BCUT2D eigenvalue weighted by molar-refractivity contribution is 0.0657. The van der Waals surface area contributed by atoms with Crippen LogP contribution < -0.4 is 0 Å². The van der Waals surface area contributed by atoms with Crippen molar-refractivity contribution in [2.45, 2.75) is 46.8 Å². The summed E-state index contributed by atoms with van der Waals surface area (Å²) in [7, 11) is 0. The smallest absolute Gasteiger partial charge is 0.0720 e. The van der Waals surface area contributed by atoms with E-state index < -0.39 is 0 Å². The maximum Gasteiger partial charge on any atom is 0.0720 e. The van der Waals surface area contributed by atoms with E-state index in [9.17, 15) is 0 Å². The Bertz CT molecular complexity index is 277. The molecule has 0 fully saturated rings. The Kier molecular flexibility index (Phi) is 7.62. The van der Waals surface area contributed by atoms with E-state index in [1.165, 1.54) is 11.1 Å². The monoisotopic (exact) mass is 240 g/mol. The molecule has 0 saturated heterocycles. The molecule has 2 heteroatoms. The Morgan fingerprint density at radius 3 is 1.88 bits per heavy atom. The molecule has 0 heterocycles. The zero-order valence-electron chi connectivity index (χ0n) is 11.0. The average molecular weight is 240 g/mol. The van der Waals surface area contributed by atoms with Gasteiger partial charge in [-0.15, -0.1) is 0 Å². The van der Waals surface area contributed by atoms with Crippen molar-refractivity contribution in [1.82, 2.24) is 0 Å². The first-order chi connectivity index (χ1) is 7.08. The van der Waals surface area contributed by atoms with Gasteiger partial charge in [0.25, 0.3) is 0 Å². The zero-order chi connectivity index (χ0) is 11.3. The number of benzene rings is 1. The fraction of sp³-hybridized carbons (Fsp3) is 0.571. The molecule has 0 N–H and O–H groups in total. The Morgan fingerprint density at radius 2 is 1.44 bits per heavy atom. The van der Waals surface area contributed by atoms with Crippen molar-refractivity contribution >= 4 is 9.90 Å². The second kappa shape index (κ2) is 7.81. The summed E-state index contributed by atoms with van der Waals surface area (Å²) >= 11 is 0. The first-order valence-corrected chi connectivity index (χ1v) is 5.77. The quantitative estimate of drug-likeness (QED) is 0.710. The molecule has 1 nitrogen and oxygen atoms in total. The normalized spacial score (nSPS) is 10.6. The van der Waals surface area contributed by atoms with Crippen LogP contribution in [0.2, 0.25) is 0 Å². The minimum absolute atomic E-state index is 0. The van der Waals surface area contributed by atoms with Crippen molar-refractivity contribution in [2.75, 3.05) is 0 Å². The molecular weight excluding hydrogens is 215 g/mol. The Hall–Kier alpha value is -0.390. The summed E-state index contributed by atoms with van der Waals surface area (Å²) in [6, 6.07) is 8.75. The van der Waals surface area contributed by atoms with Crippen molar-refractivity contribution in [3.8, 4) is 0 Å². The van der Waals surface area contributed by atoms with Crippen molar-refractivity contribution in [3.63, 3.8) is 0 Å². The summed E-state index contributed by atoms with van der Waals surface area (Å²) in [6.45, 7) is 9.34. The molecule has 0 bridgehead atoms. The molecule has 0 aliphatic carbocycles. The van der Waals surface area contributed by atoms with Crippen molar-refractivity contribution in [1.29, 1.82) is 0 Å². The first kappa shape index (κ1) is 15.6. The predicted octanol–water partition coefficient (Wildman–Crippen LogP) is 3.87. The molecule has 92 valence electrons. The highest BCUT2D eigenvalue weighted by Crippen LogP contribution is 2.10. The van der Waals surface area contributed by atoms with Crippen LogP contribution in [0.25, 0.3) is 0 Å². The molecule has 0 amide bonds. The summed E-state index contributed by atoms with van der Waals surface area (Å²) < 4.78 is 5.55. The lowest BCUT2D eigenvalue weighted by Crippen LogP contribution is -2.02. The highest BCUT2D eigenvalue weighted by atomic mass is 31.0. The maximum atomic E-state index is 5.55. The van der Waals surface area contributed by atoms with Crippen molar-refractivity contribution < 1.29 is 4.74 Å². The summed E-state index contributed by atoms with van der Waals surface area (Å²) in [4.78, 5) is 0. The predicted molar refractivity (Wildman–Crippen MR) is 76.0 cm³/mol. The number of hydrogen-bond acceptors (Lipinski definition) is 1. The van der Waals surface area contributed by atoms with Gasteiger partial charge in [0.15, 0.2) is 0 Å². The number of hydrogen-bond donors (Lipinski definition) is 0. The van der Waals surface area contributed by atoms with Gasteiger partial charge in [0.2, 0.25) is 0 Å². The van der Waals surface area contributed by atoms with E-state index in [0.29, 0.717) is 6.10 Å². The van der Waals surface area contributed by atoms with Crippen LogP contribution in [0.3, 0.4) is 0 Å². The topological polar surface area (TPSA) is 9.23 Å². The molecular formula is C14H25OP. The first-order valence-electron chi connectivity index (χ1n) is 5.77. The summed E-state index contributed by atoms with van der Waals surface area (Å²) in [5, 5.41) is 0. The van der Waals surface area contributed by atoms with Gasteiger partial charge in [-0.1, -0.05) is 38.1 Å². The second-order valence-electron chi connectivity index (χ2n) is 4.77. The molecule has 0 spiro atoms. The van der Waals surface area contributed by atoms with Crippen LogP contribution in [0, 0.1) is 5.92 Å². The van der Waals surface area contributed by atoms with E-state index in [4.69, 9.17) is 4.74 Å². The van der Waals surface area contributed by atoms with Crippen LogP contribution in [0.1, 0.15) is 38.8 Å². The third-order valence-electron chi connectivity index (χ3n) is 2.25. The zero-order valence-corrected chi connectivity index (χ0v) is 12.4. The molecule has 0 aliphatic heterocycles. The molecule has 1 aromatic rings. The summed E-state index contributed by atoms with van der Waals surface area (Å²) in [5.41, 5.74) is 2.68. The molecule has 1 atom stereocenters. The molecule has 0 radical (unpaired) electrons. The van der Waals surface area contributed by atoms with Crippen molar-refractivity contribution in [2.24, 2.45) is 5.92 Å². The number of ether oxygens (including phenoxy) is 1. The second-order valence-corrected chi connectivity index (χ2v) is 4.77. The van der Waals surface area contributed by atoms with E-state index in [2.05, 4.69) is 52.0 Å². The van der Waals surface area contributed by atoms with Gasteiger partial charge in [0.1, 0.15) is 0 Å². The van der Waals surface area contributed by atoms with Gasteiger partial charge in [-0.05, 0) is 37.3 Å². The summed E-state index contributed by atoms with van der Waals surface area (Å²) in [6.07, 6.45) is 1.46. The Labute approximate surface area is 103 Å². The highest BCUT2D eigenvalue weighted by molar-refractivity contribution is 6.92. The third-order valence-corrected chi connectivity index (χ3v) is 2.25. The standard InChI is InChI=1S/C14H22O.H3P/c1-11(2)9-13-5-7-14(8-6-13)10-15-12(3)4;/h5-8,11-12H,9-10H2,1-4H3;1H3. The van der Waals surface area contributed by atoms with E-state index in [-0.39, 0.29) is 9.90 Å². The minimum Gasteiger partial charge on any atom is -0.374 e. The van der Waals surface area contributed by atoms with E-state index in [1.54, 1.807) is 0 Å². The molecule has 0 saturated carbocycles. The van der Waals surface area contributed by atoms with E-state index in [1.807, 2.05) is 0 Å². The lowest BCUT2D eigenvalue weighted by Gasteiger charge is -2.09. The summed E-state index contributed by atoms with van der Waals surface area (Å²) in [5.74, 6) is 0.725. The van der Waals surface area contributed by atoms with Crippen LogP contribution >= 0.6 is 9.90 Å². The van der Waals surface area contributed by atoms with Crippen LogP contribution in [0.5, 0.6) is 0 Å². The van der Waals surface area contributed by atoms with Gasteiger partial charge in [-0.25, -0.2) is 0 Å². The molecule has 1 rings (SSSR count). The lowest BCUT2D eigenvalue weighted by atomic mass is 10.0. The van der Waals surface area contributed by atoms with Crippen molar-refractivity contribution in [3.05, 3.63) is 35.4 Å². The largest absolute Gasteiger partial charge is 0.374 e. The van der Waals surface area contributed by atoms with Gasteiger partial charge in [0.05, 0.1) is 12.7 Å².